The van der Waals surface area contributed by atoms with Gasteiger partial charge in [0.05, 0.1) is 18.5 Å². The minimum Gasteiger partial charge on any atom is -0.468 e. The monoisotopic (exact) mass is 305 g/mol. The van der Waals surface area contributed by atoms with E-state index >= 15 is 0 Å². The van der Waals surface area contributed by atoms with E-state index in [-0.39, 0.29) is 4.90 Å². The van der Waals surface area contributed by atoms with Gasteiger partial charge in [0.15, 0.2) is 0 Å². The minimum atomic E-state index is -3.55. The molecule has 1 aromatic heterocycles. The van der Waals surface area contributed by atoms with E-state index in [1.807, 2.05) is 23.1 Å². The first kappa shape index (κ1) is 13.8. The van der Waals surface area contributed by atoms with Gasteiger partial charge in [-0.2, -0.15) is 8.42 Å². The molecule has 2 heterocycles. The predicted octanol–water partition coefficient (Wildman–Crippen LogP) is 1.61. The second-order valence-corrected chi connectivity index (χ2v) is 6.21. The summed E-state index contributed by atoms with van der Waals surface area (Å²) in [5, 5.41) is 3.24. The Bertz CT molecular complexity index is 739. The smallest absolute Gasteiger partial charge is 0.285 e. The van der Waals surface area contributed by atoms with Gasteiger partial charge in [0.1, 0.15) is 17.0 Å². The van der Waals surface area contributed by atoms with Gasteiger partial charge in [-0.15, -0.1) is 4.40 Å². The van der Waals surface area contributed by atoms with E-state index in [9.17, 15) is 8.42 Å². The molecule has 0 unspecified atom stereocenters. The summed E-state index contributed by atoms with van der Waals surface area (Å²) in [6, 6.07) is 10.6. The number of para-hydroxylation sites is 1. The van der Waals surface area contributed by atoms with Crippen molar-refractivity contribution < 1.29 is 12.8 Å². The molecule has 6 nitrogen and oxygen atoms in total. The topological polar surface area (TPSA) is 74.9 Å². The molecule has 0 saturated carbocycles. The Morgan fingerprint density at radius 2 is 2.05 bits per heavy atom. The van der Waals surface area contributed by atoms with Crippen LogP contribution in [0.1, 0.15) is 5.76 Å². The van der Waals surface area contributed by atoms with Crippen LogP contribution >= 0.6 is 0 Å². The van der Waals surface area contributed by atoms with Gasteiger partial charge in [-0.1, -0.05) is 12.1 Å². The molecule has 7 heteroatoms. The third kappa shape index (κ3) is 2.98. The van der Waals surface area contributed by atoms with Crippen molar-refractivity contribution in [1.29, 1.82) is 0 Å². The highest BCUT2D eigenvalue weighted by Gasteiger charge is 2.24. The van der Waals surface area contributed by atoms with Crippen LogP contribution in [0.3, 0.4) is 0 Å². The lowest BCUT2D eigenvalue weighted by Crippen LogP contribution is -2.33. The fourth-order valence-electron chi connectivity index (χ4n) is 2.15. The average molecular weight is 305 g/mol. The molecule has 0 saturated heterocycles. The highest BCUT2D eigenvalue weighted by atomic mass is 32.2. The van der Waals surface area contributed by atoms with Crippen LogP contribution in [0.2, 0.25) is 0 Å². The summed E-state index contributed by atoms with van der Waals surface area (Å²) in [5.74, 6) is 0.866. The van der Waals surface area contributed by atoms with Crippen LogP contribution in [0.25, 0.3) is 0 Å². The zero-order valence-electron chi connectivity index (χ0n) is 11.3. The Morgan fingerprint density at radius 1 is 1.19 bits per heavy atom. The first-order chi connectivity index (χ1) is 10.2. The first-order valence-electron chi connectivity index (χ1n) is 6.56. The van der Waals surface area contributed by atoms with Crippen LogP contribution in [0.5, 0.6) is 0 Å². The molecular formula is C14H15N3O3S. The molecule has 1 aliphatic rings. The Labute approximate surface area is 123 Å². The van der Waals surface area contributed by atoms with Crippen LogP contribution < -0.4 is 10.2 Å². The van der Waals surface area contributed by atoms with Gasteiger partial charge in [0.25, 0.3) is 10.0 Å². The summed E-state index contributed by atoms with van der Waals surface area (Å²) in [4.78, 5) is 2.07. The third-order valence-corrected chi connectivity index (χ3v) is 4.46. The summed E-state index contributed by atoms with van der Waals surface area (Å²) >= 11 is 0. The number of hydrogen-bond donors (Lipinski definition) is 1. The minimum absolute atomic E-state index is 0.249. The molecule has 1 aromatic carbocycles. The molecule has 0 aliphatic carbocycles. The third-order valence-electron chi connectivity index (χ3n) is 3.19. The number of sulfonamides is 1. The molecule has 0 atom stereocenters. The average Bonchev–Trinajstić information content (AvgIpc) is 2.99. The molecule has 3 rings (SSSR count). The number of rotatable bonds is 5. The number of nitrogens with zero attached hydrogens (tertiary/aromatic N) is 2. The Kier molecular flexibility index (Phi) is 3.76. The molecule has 0 fully saturated rings. The van der Waals surface area contributed by atoms with E-state index in [1.165, 1.54) is 6.34 Å². The maximum atomic E-state index is 11.9. The van der Waals surface area contributed by atoms with Crippen molar-refractivity contribution in [2.45, 2.75) is 11.4 Å². The van der Waals surface area contributed by atoms with Crippen LogP contribution in [-0.4, -0.2) is 27.8 Å². The van der Waals surface area contributed by atoms with E-state index in [2.05, 4.69) is 9.71 Å². The fourth-order valence-corrected chi connectivity index (χ4v) is 3.20. The van der Waals surface area contributed by atoms with Crippen LogP contribution in [-0.2, 0) is 16.6 Å². The Morgan fingerprint density at radius 3 is 2.86 bits per heavy atom. The molecule has 2 aromatic rings. The van der Waals surface area contributed by atoms with E-state index in [1.54, 1.807) is 24.5 Å². The molecule has 1 aliphatic heterocycles. The van der Waals surface area contributed by atoms with Crippen molar-refractivity contribution in [1.82, 2.24) is 5.32 Å². The zero-order valence-corrected chi connectivity index (χ0v) is 12.1. The van der Waals surface area contributed by atoms with Gasteiger partial charge < -0.3 is 14.6 Å². The normalized spacial score (nSPS) is 15.9. The highest BCUT2D eigenvalue weighted by molar-refractivity contribution is 7.90. The van der Waals surface area contributed by atoms with E-state index in [4.69, 9.17) is 4.42 Å². The first-order valence-corrected chi connectivity index (χ1v) is 8.00. The predicted molar refractivity (Wildman–Crippen MR) is 79.9 cm³/mol. The molecule has 0 spiro atoms. The number of nitrogens with one attached hydrogen (secondary N) is 1. The Balaban J connectivity index is 1.64. The molecule has 0 radical (unpaired) electrons. The number of anilines is 1. The van der Waals surface area contributed by atoms with Gasteiger partial charge in [-0.05, 0) is 24.3 Å². The lowest BCUT2D eigenvalue weighted by Gasteiger charge is -2.24. The second kappa shape index (κ2) is 5.71. The summed E-state index contributed by atoms with van der Waals surface area (Å²) < 4.78 is 32.6. The summed E-state index contributed by atoms with van der Waals surface area (Å²) in [5.41, 5.74) is 0.660. The quantitative estimate of drug-likeness (QED) is 0.849. The maximum absolute atomic E-state index is 11.9. The van der Waals surface area contributed by atoms with Gasteiger partial charge in [-0.3, -0.25) is 0 Å². The second-order valence-electron chi connectivity index (χ2n) is 4.61. The van der Waals surface area contributed by atoms with Crippen molar-refractivity contribution >= 4 is 22.0 Å². The SMILES string of the molecule is O=S1(=O)N=CN(CCNCc2ccco2)c2ccccc21. The standard InChI is InChI=1S/C14H15N3O3S/c18-21(19)14-6-2-1-5-13(14)17(11-16-21)8-7-15-10-12-4-3-9-20-12/h1-6,9,11,15H,7-8,10H2. The van der Waals surface area contributed by atoms with Gasteiger partial charge in [0, 0.05) is 13.1 Å². The molecule has 0 amide bonds. The fraction of sp³-hybridized carbons (Fsp3) is 0.214. The van der Waals surface area contributed by atoms with Gasteiger partial charge >= 0.3 is 0 Å². The van der Waals surface area contributed by atoms with Crippen molar-refractivity contribution in [3.8, 4) is 0 Å². The van der Waals surface area contributed by atoms with E-state index in [0.29, 0.717) is 25.3 Å². The summed E-state index contributed by atoms with van der Waals surface area (Å²) in [6.07, 6.45) is 3.00. The number of benzene rings is 1. The molecular weight excluding hydrogens is 290 g/mol. The molecule has 0 bridgehead atoms. The van der Waals surface area contributed by atoms with Crippen molar-refractivity contribution in [3.05, 3.63) is 48.4 Å². The van der Waals surface area contributed by atoms with Gasteiger partial charge in [0.2, 0.25) is 0 Å². The van der Waals surface area contributed by atoms with Crippen molar-refractivity contribution in [2.24, 2.45) is 4.40 Å². The van der Waals surface area contributed by atoms with Crippen LogP contribution in [0, 0.1) is 0 Å². The number of hydrogen-bond acceptors (Lipinski definition) is 5. The lowest BCUT2D eigenvalue weighted by molar-refractivity contribution is 0.485. The number of fused-ring (bicyclic) bond motifs is 1. The van der Waals surface area contributed by atoms with Crippen molar-refractivity contribution in [3.63, 3.8) is 0 Å². The van der Waals surface area contributed by atoms with E-state index in [0.717, 1.165) is 5.76 Å². The Hall–Kier alpha value is -2.12. The lowest BCUT2D eigenvalue weighted by atomic mass is 10.3. The van der Waals surface area contributed by atoms with Crippen LogP contribution in [0.4, 0.5) is 5.69 Å². The summed E-state index contributed by atoms with van der Waals surface area (Å²) in [6.45, 7) is 1.94. The summed E-state index contributed by atoms with van der Waals surface area (Å²) in [7, 11) is -3.55. The molecule has 110 valence electrons. The molecule has 1 N–H and O–H groups in total. The maximum Gasteiger partial charge on any atom is 0.285 e. The van der Waals surface area contributed by atoms with E-state index < -0.39 is 10.0 Å². The van der Waals surface area contributed by atoms with Gasteiger partial charge in [-0.25, -0.2) is 0 Å². The van der Waals surface area contributed by atoms with Crippen molar-refractivity contribution in [2.75, 3.05) is 18.0 Å². The number of furan rings is 1. The van der Waals surface area contributed by atoms with Crippen LogP contribution in [0.15, 0.2) is 56.4 Å². The largest absolute Gasteiger partial charge is 0.468 e. The highest BCUT2D eigenvalue weighted by Crippen LogP contribution is 2.28. The zero-order chi connectivity index (χ0) is 14.7. The molecule has 21 heavy (non-hydrogen) atoms.